The molecule has 1 aromatic carbocycles. The van der Waals surface area contributed by atoms with Crippen molar-refractivity contribution in [2.75, 3.05) is 19.8 Å². The molecule has 0 radical (unpaired) electrons. The van der Waals surface area contributed by atoms with E-state index in [0.717, 1.165) is 0 Å². The van der Waals surface area contributed by atoms with Gasteiger partial charge in [-0.15, -0.1) is 0 Å². The normalized spacial score (nSPS) is 11.5. The number of rotatable bonds is 7. The SMILES string of the molecule is CCOc1ccc(Br)cc1S(=O)(=O)NCCCO. The van der Waals surface area contributed by atoms with Crippen molar-refractivity contribution in [1.82, 2.24) is 4.72 Å². The van der Waals surface area contributed by atoms with E-state index in [0.29, 0.717) is 23.2 Å². The molecule has 0 amide bonds. The van der Waals surface area contributed by atoms with Gasteiger partial charge in [0, 0.05) is 17.6 Å². The molecule has 7 heteroatoms. The second-order valence-corrected chi connectivity index (χ2v) is 6.15. The number of halogens is 1. The van der Waals surface area contributed by atoms with Crippen LogP contribution < -0.4 is 9.46 Å². The van der Waals surface area contributed by atoms with Gasteiger partial charge < -0.3 is 9.84 Å². The Kier molecular flexibility index (Phi) is 6.07. The van der Waals surface area contributed by atoms with E-state index in [1.54, 1.807) is 19.1 Å². The van der Waals surface area contributed by atoms with Crippen LogP contribution in [-0.4, -0.2) is 33.3 Å². The summed E-state index contributed by atoms with van der Waals surface area (Å²) in [5.41, 5.74) is 0. The summed E-state index contributed by atoms with van der Waals surface area (Å²) in [6.07, 6.45) is 0.372. The van der Waals surface area contributed by atoms with E-state index in [1.165, 1.54) is 6.07 Å². The molecule has 102 valence electrons. The van der Waals surface area contributed by atoms with Crippen molar-refractivity contribution in [2.45, 2.75) is 18.2 Å². The molecular formula is C11H16BrNO4S. The molecule has 0 atom stereocenters. The Morgan fingerprint density at radius 1 is 1.44 bits per heavy atom. The van der Waals surface area contributed by atoms with Crippen molar-refractivity contribution < 1.29 is 18.3 Å². The van der Waals surface area contributed by atoms with E-state index >= 15 is 0 Å². The van der Waals surface area contributed by atoms with Gasteiger partial charge in [0.2, 0.25) is 10.0 Å². The lowest BCUT2D eigenvalue weighted by Crippen LogP contribution is -2.26. The number of hydrogen-bond donors (Lipinski definition) is 2. The van der Waals surface area contributed by atoms with Gasteiger partial charge in [0.05, 0.1) is 6.61 Å². The van der Waals surface area contributed by atoms with Crippen LogP contribution in [0.2, 0.25) is 0 Å². The van der Waals surface area contributed by atoms with Crippen LogP contribution in [-0.2, 0) is 10.0 Å². The van der Waals surface area contributed by atoms with Crippen molar-refractivity contribution in [3.8, 4) is 5.75 Å². The molecule has 18 heavy (non-hydrogen) atoms. The van der Waals surface area contributed by atoms with Gasteiger partial charge in [-0.05, 0) is 31.5 Å². The second-order valence-electron chi connectivity index (χ2n) is 3.50. The highest BCUT2D eigenvalue weighted by Crippen LogP contribution is 2.27. The summed E-state index contributed by atoms with van der Waals surface area (Å²) in [5, 5.41) is 8.65. The predicted octanol–water partition coefficient (Wildman–Crippen LogP) is 1.51. The molecule has 0 saturated carbocycles. The summed E-state index contributed by atoms with van der Waals surface area (Å²) in [6.45, 7) is 2.31. The highest BCUT2D eigenvalue weighted by Gasteiger charge is 2.19. The zero-order valence-electron chi connectivity index (χ0n) is 10.0. The molecule has 0 spiro atoms. The minimum atomic E-state index is -3.62. The van der Waals surface area contributed by atoms with Gasteiger partial charge in [-0.1, -0.05) is 15.9 Å². The molecule has 0 aliphatic carbocycles. The third kappa shape index (κ3) is 4.24. The molecule has 0 heterocycles. The summed E-state index contributed by atoms with van der Waals surface area (Å²) >= 11 is 3.23. The fraction of sp³-hybridized carbons (Fsp3) is 0.455. The van der Waals surface area contributed by atoms with Gasteiger partial charge in [0.15, 0.2) is 0 Å². The fourth-order valence-electron chi connectivity index (χ4n) is 1.33. The van der Waals surface area contributed by atoms with Crippen molar-refractivity contribution in [3.05, 3.63) is 22.7 Å². The molecule has 0 aliphatic rings. The van der Waals surface area contributed by atoms with Crippen LogP contribution in [0.15, 0.2) is 27.6 Å². The van der Waals surface area contributed by atoms with Gasteiger partial charge in [-0.2, -0.15) is 0 Å². The highest BCUT2D eigenvalue weighted by molar-refractivity contribution is 9.10. The molecule has 0 saturated heterocycles. The minimum absolute atomic E-state index is 0.0562. The molecule has 5 nitrogen and oxygen atoms in total. The Hall–Kier alpha value is -0.630. The van der Waals surface area contributed by atoms with Crippen LogP contribution >= 0.6 is 15.9 Å². The lowest BCUT2D eigenvalue weighted by molar-refractivity contribution is 0.289. The van der Waals surface area contributed by atoms with Crippen LogP contribution in [0.25, 0.3) is 0 Å². The molecule has 0 fully saturated rings. The van der Waals surface area contributed by atoms with E-state index in [2.05, 4.69) is 20.7 Å². The number of nitrogens with one attached hydrogen (secondary N) is 1. The summed E-state index contributed by atoms with van der Waals surface area (Å²) < 4.78 is 32.5. The molecule has 0 bridgehead atoms. The zero-order valence-corrected chi connectivity index (χ0v) is 12.4. The molecule has 2 N–H and O–H groups in total. The first-order valence-corrected chi connectivity index (χ1v) is 7.81. The number of aliphatic hydroxyl groups excluding tert-OH is 1. The molecule has 0 aromatic heterocycles. The van der Waals surface area contributed by atoms with Gasteiger partial charge in [-0.3, -0.25) is 0 Å². The van der Waals surface area contributed by atoms with E-state index in [-0.39, 0.29) is 18.0 Å². The number of aliphatic hydroxyl groups is 1. The Bertz CT molecular complexity index is 490. The predicted molar refractivity (Wildman–Crippen MR) is 72.2 cm³/mol. The Labute approximate surface area is 115 Å². The van der Waals surface area contributed by atoms with Crippen molar-refractivity contribution in [2.24, 2.45) is 0 Å². The third-order valence-electron chi connectivity index (χ3n) is 2.12. The maximum absolute atomic E-state index is 12.1. The lowest BCUT2D eigenvalue weighted by Gasteiger charge is -2.12. The minimum Gasteiger partial charge on any atom is -0.492 e. The monoisotopic (exact) mass is 337 g/mol. The average Bonchev–Trinajstić information content (AvgIpc) is 2.32. The van der Waals surface area contributed by atoms with Crippen molar-refractivity contribution in [3.63, 3.8) is 0 Å². The van der Waals surface area contributed by atoms with Gasteiger partial charge in [0.1, 0.15) is 10.6 Å². The fourth-order valence-corrected chi connectivity index (χ4v) is 3.09. The van der Waals surface area contributed by atoms with Gasteiger partial charge >= 0.3 is 0 Å². The van der Waals surface area contributed by atoms with Crippen LogP contribution in [0.4, 0.5) is 0 Å². The highest BCUT2D eigenvalue weighted by atomic mass is 79.9. The lowest BCUT2D eigenvalue weighted by atomic mass is 10.3. The molecule has 0 aliphatic heterocycles. The van der Waals surface area contributed by atoms with E-state index in [9.17, 15) is 8.42 Å². The number of sulfonamides is 1. The first-order valence-electron chi connectivity index (χ1n) is 5.54. The van der Waals surface area contributed by atoms with Crippen LogP contribution in [0.1, 0.15) is 13.3 Å². The van der Waals surface area contributed by atoms with Crippen LogP contribution in [0.5, 0.6) is 5.75 Å². The van der Waals surface area contributed by atoms with Gasteiger partial charge in [0.25, 0.3) is 0 Å². The second kappa shape index (κ2) is 7.08. The molecule has 1 rings (SSSR count). The summed E-state index contributed by atoms with van der Waals surface area (Å²) in [5.74, 6) is 0.317. The standard InChI is InChI=1S/C11H16BrNO4S/c1-2-17-10-5-4-9(12)8-11(10)18(15,16)13-6-3-7-14/h4-5,8,13-14H,2-3,6-7H2,1H3. The number of hydrogen-bond acceptors (Lipinski definition) is 4. The zero-order chi connectivity index (χ0) is 13.6. The number of ether oxygens (including phenoxy) is 1. The summed E-state index contributed by atoms with van der Waals surface area (Å²) in [7, 11) is -3.62. The largest absolute Gasteiger partial charge is 0.492 e. The van der Waals surface area contributed by atoms with E-state index < -0.39 is 10.0 Å². The van der Waals surface area contributed by atoms with Gasteiger partial charge in [-0.25, -0.2) is 13.1 Å². The first-order chi connectivity index (χ1) is 8.51. The Morgan fingerprint density at radius 3 is 2.78 bits per heavy atom. The molecule has 0 unspecified atom stereocenters. The number of benzene rings is 1. The Balaban J connectivity index is 3.01. The van der Waals surface area contributed by atoms with E-state index in [4.69, 9.17) is 9.84 Å². The Morgan fingerprint density at radius 2 is 2.17 bits per heavy atom. The average molecular weight is 338 g/mol. The summed E-state index contributed by atoms with van der Waals surface area (Å²) in [4.78, 5) is 0.0941. The van der Waals surface area contributed by atoms with Crippen molar-refractivity contribution >= 4 is 26.0 Å². The maximum Gasteiger partial charge on any atom is 0.244 e. The summed E-state index contributed by atoms with van der Waals surface area (Å²) in [6, 6.07) is 4.82. The van der Waals surface area contributed by atoms with Crippen LogP contribution in [0.3, 0.4) is 0 Å². The van der Waals surface area contributed by atoms with E-state index in [1.807, 2.05) is 0 Å². The first kappa shape index (κ1) is 15.4. The maximum atomic E-state index is 12.1. The third-order valence-corrected chi connectivity index (χ3v) is 4.10. The topological polar surface area (TPSA) is 75.6 Å². The smallest absolute Gasteiger partial charge is 0.244 e. The van der Waals surface area contributed by atoms with Crippen LogP contribution in [0, 0.1) is 0 Å². The van der Waals surface area contributed by atoms with Crippen molar-refractivity contribution in [1.29, 1.82) is 0 Å². The molecular weight excluding hydrogens is 322 g/mol. The quantitative estimate of drug-likeness (QED) is 0.739. The molecule has 1 aromatic rings.